The largest absolute Gasteiger partial charge is 0.355 e. The molecule has 0 N–H and O–H groups in total. The van der Waals surface area contributed by atoms with Crippen molar-refractivity contribution in [3.63, 3.8) is 0 Å². The first kappa shape index (κ1) is 12.5. The number of aryl methyl sites for hydroxylation is 2. The normalized spacial score (nSPS) is 21.0. The lowest BCUT2D eigenvalue weighted by Crippen LogP contribution is -2.46. The lowest BCUT2D eigenvalue weighted by atomic mass is 9.95. The van der Waals surface area contributed by atoms with Crippen LogP contribution in [0.3, 0.4) is 0 Å². The third-order valence-corrected chi connectivity index (χ3v) is 3.65. The molecule has 4 heteroatoms. The SMILES string of the molecule is Cc1ccc(N2C(=O)N=C3C=CC=CC3C2=O)cc1C. The van der Waals surface area contributed by atoms with Crippen molar-refractivity contribution in [2.24, 2.45) is 10.9 Å². The summed E-state index contributed by atoms with van der Waals surface area (Å²) in [6.45, 7) is 3.94. The minimum Gasteiger partial charge on any atom is -0.273 e. The van der Waals surface area contributed by atoms with Crippen LogP contribution in [0.4, 0.5) is 10.5 Å². The molecule has 0 saturated heterocycles. The molecule has 2 aliphatic rings. The Morgan fingerprint density at radius 2 is 1.90 bits per heavy atom. The molecule has 0 saturated carbocycles. The van der Waals surface area contributed by atoms with Crippen LogP contribution in [0.25, 0.3) is 0 Å². The molecule has 1 aliphatic carbocycles. The van der Waals surface area contributed by atoms with Crippen molar-refractivity contribution >= 4 is 23.3 Å². The Morgan fingerprint density at radius 1 is 1.10 bits per heavy atom. The predicted octanol–water partition coefficient (Wildman–Crippen LogP) is 2.95. The zero-order valence-corrected chi connectivity index (χ0v) is 11.3. The number of aliphatic imine (C=N–C) groups is 1. The van der Waals surface area contributed by atoms with Gasteiger partial charge in [-0.15, -0.1) is 0 Å². The highest BCUT2D eigenvalue weighted by atomic mass is 16.2. The van der Waals surface area contributed by atoms with Crippen LogP contribution < -0.4 is 4.90 Å². The first-order chi connectivity index (χ1) is 9.58. The van der Waals surface area contributed by atoms with Crippen molar-refractivity contribution in [1.82, 2.24) is 0 Å². The van der Waals surface area contributed by atoms with Gasteiger partial charge in [0.05, 0.1) is 17.3 Å². The van der Waals surface area contributed by atoms with E-state index in [2.05, 4.69) is 4.99 Å². The average Bonchev–Trinajstić information content (AvgIpc) is 2.43. The number of carbonyl (C=O) groups excluding carboxylic acids is 2. The number of amides is 3. The second-order valence-electron chi connectivity index (χ2n) is 4.98. The van der Waals surface area contributed by atoms with E-state index in [0.717, 1.165) is 16.0 Å². The van der Waals surface area contributed by atoms with Crippen LogP contribution in [0.15, 0.2) is 47.5 Å². The number of benzene rings is 1. The van der Waals surface area contributed by atoms with Crippen LogP contribution in [0, 0.1) is 19.8 Å². The van der Waals surface area contributed by atoms with Crippen LogP contribution in [0.5, 0.6) is 0 Å². The molecule has 1 atom stereocenters. The zero-order chi connectivity index (χ0) is 14.3. The molecule has 1 unspecified atom stereocenters. The Bertz CT molecular complexity index is 698. The minimum absolute atomic E-state index is 0.246. The summed E-state index contributed by atoms with van der Waals surface area (Å²) in [4.78, 5) is 29.8. The number of fused-ring (bicyclic) bond motifs is 1. The summed E-state index contributed by atoms with van der Waals surface area (Å²) >= 11 is 0. The Hall–Kier alpha value is -2.49. The number of imide groups is 1. The van der Waals surface area contributed by atoms with E-state index in [9.17, 15) is 9.59 Å². The van der Waals surface area contributed by atoms with Gasteiger partial charge < -0.3 is 0 Å². The number of urea groups is 1. The van der Waals surface area contributed by atoms with Crippen LogP contribution in [-0.2, 0) is 4.79 Å². The molecule has 4 nitrogen and oxygen atoms in total. The first-order valence-corrected chi connectivity index (χ1v) is 6.46. The fourth-order valence-electron chi connectivity index (χ4n) is 2.34. The van der Waals surface area contributed by atoms with Gasteiger partial charge >= 0.3 is 6.03 Å². The number of nitrogens with zero attached hydrogens (tertiary/aromatic N) is 2. The molecule has 1 aromatic carbocycles. The Labute approximate surface area is 117 Å². The summed E-state index contributed by atoms with van der Waals surface area (Å²) in [5.41, 5.74) is 3.25. The lowest BCUT2D eigenvalue weighted by molar-refractivity contribution is -0.118. The third-order valence-electron chi connectivity index (χ3n) is 3.65. The smallest absolute Gasteiger partial charge is 0.273 e. The van der Waals surface area contributed by atoms with Gasteiger partial charge in [0.15, 0.2) is 0 Å². The summed E-state index contributed by atoms with van der Waals surface area (Å²) in [5, 5.41) is 0. The van der Waals surface area contributed by atoms with Crippen molar-refractivity contribution in [2.45, 2.75) is 13.8 Å². The van der Waals surface area contributed by atoms with Gasteiger partial charge in [0.25, 0.3) is 0 Å². The van der Waals surface area contributed by atoms with Crippen LogP contribution in [0.1, 0.15) is 11.1 Å². The van der Waals surface area contributed by atoms with E-state index >= 15 is 0 Å². The van der Waals surface area contributed by atoms with Crippen molar-refractivity contribution < 1.29 is 9.59 Å². The number of hydrogen-bond donors (Lipinski definition) is 0. The molecule has 1 heterocycles. The standard InChI is InChI=1S/C16H14N2O2/c1-10-7-8-12(9-11(10)2)18-15(19)13-5-3-4-6-14(13)17-16(18)20/h3-9,13H,1-2H3. The number of allylic oxidation sites excluding steroid dienone is 3. The average molecular weight is 266 g/mol. The molecule has 3 rings (SSSR count). The Morgan fingerprint density at radius 3 is 2.65 bits per heavy atom. The number of anilines is 1. The zero-order valence-electron chi connectivity index (χ0n) is 11.3. The molecule has 20 heavy (non-hydrogen) atoms. The van der Waals surface area contributed by atoms with E-state index in [4.69, 9.17) is 0 Å². The number of hydrogen-bond acceptors (Lipinski definition) is 2. The molecule has 1 aromatic rings. The second kappa shape index (κ2) is 4.56. The summed E-state index contributed by atoms with van der Waals surface area (Å²) < 4.78 is 0. The number of rotatable bonds is 1. The van der Waals surface area contributed by atoms with Gasteiger partial charge in [-0.1, -0.05) is 24.3 Å². The monoisotopic (exact) mass is 266 g/mol. The van der Waals surface area contributed by atoms with E-state index in [1.807, 2.05) is 26.0 Å². The van der Waals surface area contributed by atoms with Crippen molar-refractivity contribution in [1.29, 1.82) is 0 Å². The van der Waals surface area contributed by atoms with Gasteiger partial charge in [-0.25, -0.2) is 9.69 Å². The van der Waals surface area contributed by atoms with E-state index < -0.39 is 11.9 Å². The Balaban J connectivity index is 2.06. The summed E-state index contributed by atoms with van der Waals surface area (Å²) in [7, 11) is 0. The molecule has 3 amide bonds. The number of carbonyl (C=O) groups is 2. The maximum Gasteiger partial charge on any atom is 0.355 e. The molecule has 1 aliphatic heterocycles. The molecule has 0 radical (unpaired) electrons. The van der Waals surface area contributed by atoms with Crippen LogP contribution in [0.2, 0.25) is 0 Å². The maximum atomic E-state index is 12.5. The highest BCUT2D eigenvalue weighted by Crippen LogP contribution is 2.26. The van der Waals surface area contributed by atoms with Gasteiger partial charge in [-0.3, -0.25) is 4.79 Å². The second-order valence-corrected chi connectivity index (χ2v) is 4.98. The van der Waals surface area contributed by atoms with Crippen LogP contribution in [-0.4, -0.2) is 17.6 Å². The predicted molar refractivity (Wildman–Crippen MR) is 78.0 cm³/mol. The fraction of sp³-hybridized carbons (Fsp3) is 0.188. The van der Waals surface area contributed by atoms with E-state index in [1.54, 1.807) is 30.4 Å². The summed E-state index contributed by atoms with van der Waals surface area (Å²) in [5.74, 6) is -0.705. The van der Waals surface area contributed by atoms with Gasteiger partial charge in [0.2, 0.25) is 5.91 Å². The molecule has 0 spiro atoms. The van der Waals surface area contributed by atoms with Gasteiger partial charge in [-0.2, -0.15) is 4.99 Å². The van der Waals surface area contributed by atoms with Crippen molar-refractivity contribution in [3.8, 4) is 0 Å². The molecule has 100 valence electrons. The topological polar surface area (TPSA) is 49.7 Å². The maximum absolute atomic E-state index is 12.5. The molecule has 0 aromatic heterocycles. The van der Waals surface area contributed by atoms with Crippen molar-refractivity contribution in [3.05, 3.63) is 53.6 Å². The van der Waals surface area contributed by atoms with Gasteiger partial charge in [0.1, 0.15) is 0 Å². The molecule has 0 fully saturated rings. The third kappa shape index (κ3) is 1.90. The van der Waals surface area contributed by atoms with E-state index in [0.29, 0.717) is 11.4 Å². The van der Waals surface area contributed by atoms with Crippen molar-refractivity contribution in [2.75, 3.05) is 4.90 Å². The molecule has 0 bridgehead atoms. The minimum atomic E-state index is -0.524. The lowest BCUT2D eigenvalue weighted by Gasteiger charge is -2.28. The van der Waals surface area contributed by atoms with E-state index in [-0.39, 0.29) is 5.91 Å². The van der Waals surface area contributed by atoms with Gasteiger partial charge in [-0.05, 0) is 43.2 Å². The molecular formula is C16H14N2O2. The van der Waals surface area contributed by atoms with E-state index in [1.165, 1.54) is 0 Å². The molecular weight excluding hydrogens is 252 g/mol. The Kier molecular flexibility index (Phi) is 2.86. The highest BCUT2D eigenvalue weighted by Gasteiger charge is 2.36. The van der Waals surface area contributed by atoms with Crippen LogP contribution >= 0.6 is 0 Å². The fourth-order valence-corrected chi connectivity index (χ4v) is 2.34. The first-order valence-electron chi connectivity index (χ1n) is 6.46. The van der Waals surface area contributed by atoms with Gasteiger partial charge in [0, 0.05) is 0 Å². The summed E-state index contributed by atoms with van der Waals surface area (Å²) in [6.07, 6.45) is 7.05. The highest BCUT2D eigenvalue weighted by molar-refractivity contribution is 6.30. The summed E-state index contributed by atoms with van der Waals surface area (Å²) in [6, 6.07) is 5.00. The quantitative estimate of drug-likeness (QED) is 0.784.